The molecule has 1 N–H and O–H groups in total. The van der Waals surface area contributed by atoms with Crippen molar-refractivity contribution in [2.24, 2.45) is 0 Å². The zero-order chi connectivity index (χ0) is 16.7. The normalized spacial score (nSPS) is 10.9. The van der Waals surface area contributed by atoms with Gasteiger partial charge in [0, 0.05) is 12.2 Å². The van der Waals surface area contributed by atoms with E-state index in [9.17, 15) is 0 Å². The molecule has 3 heteroatoms. The van der Waals surface area contributed by atoms with E-state index < -0.39 is 0 Å². The summed E-state index contributed by atoms with van der Waals surface area (Å²) in [6, 6.07) is 16.3. The molecule has 2 aromatic rings. The van der Waals surface area contributed by atoms with Crippen LogP contribution in [0, 0.1) is 0 Å². The van der Waals surface area contributed by atoms with Gasteiger partial charge >= 0.3 is 0 Å². The Kier molecular flexibility index (Phi) is 6.33. The molecule has 124 valence electrons. The summed E-state index contributed by atoms with van der Waals surface area (Å²) in [6.07, 6.45) is 0.198. The quantitative estimate of drug-likeness (QED) is 0.689. The summed E-state index contributed by atoms with van der Waals surface area (Å²) in [4.78, 5) is 0. The van der Waals surface area contributed by atoms with Gasteiger partial charge in [0.25, 0.3) is 0 Å². The molecule has 0 aromatic heterocycles. The highest BCUT2D eigenvalue weighted by Gasteiger charge is 2.00. The average Bonchev–Trinajstić information content (AvgIpc) is 2.53. The van der Waals surface area contributed by atoms with Crippen LogP contribution in [0.15, 0.2) is 48.5 Å². The third-order valence-corrected chi connectivity index (χ3v) is 3.47. The highest BCUT2D eigenvalue weighted by atomic mass is 16.5. The van der Waals surface area contributed by atoms with Crippen LogP contribution in [0.25, 0.3) is 0 Å². The molecule has 0 atom stereocenters. The Morgan fingerprint density at radius 1 is 0.826 bits per heavy atom. The van der Waals surface area contributed by atoms with Crippen LogP contribution in [0.2, 0.25) is 0 Å². The number of benzene rings is 2. The van der Waals surface area contributed by atoms with Crippen molar-refractivity contribution in [2.75, 3.05) is 18.5 Å². The van der Waals surface area contributed by atoms with Gasteiger partial charge in [0.15, 0.2) is 0 Å². The van der Waals surface area contributed by atoms with E-state index in [1.807, 2.05) is 50.2 Å². The molecule has 0 amide bonds. The molecule has 0 fully saturated rings. The topological polar surface area (TPSA) is 30.5 Å². The summed E-state index contributed by atoms with van der Waals surface area (Å²) < 4.78 is 11.4. The molecule has 2 rings (SSSR count). The number of nitrogens with one attached hydrogen (secondary N) is 1. The second kappa shape index (κ2) is 8.47. The first-order valence-electron chi connectivity index (χ1n) is 8.28. The molecular formula is C20H27NO2. The van der Waals surface area contributed by atoms with Crippen molar-refractivity contribution in [1.82, 2.24) is 0 Å². The maximum Gasteiger partial charge on any atom is 0.119 e. The van der Waals surface area contributed by atoms with Crippen LogP contribution in [-0.2, 0) is 0 Å². The lowest BCUT2D eigenvalue weighted by Crippen LogP contribution is -2.11. The summed E-state index contributed by atoms with van der Waals surface area (Å²) in [5, 5.41) is 3.34. The van der Waals surface area contributed by atoms with Crippen molar-refractivity contribution < 1.29 is 9.47 Å². The number of hydrogen-bond acceptors (Lipinski definition) is 3. The molecule has 0 aliphatic rings. The third kappa shape index (κ3) is 5.85. The van der Waals surface area contributed by atoms with E-state index in [0.29, 0.717) is 12.5 Å². The van der Waals surface area contributed by atoms with Crippen LogP contribution < -0.4 is 14.8 Å². The fourth-order valence-corrected chi connectivity index (χ4v) is 2.24. The molecule has 0 spiro atoms. The lowest BCUT2D eigenvalue weighted by Gasteiger charge is -2.12. The zero-order valence-electron chi connectivity index (χ0n) is 14.5. The van der Waals surface area contributed by atoms with E-state index in [4.69, 9.17) is 9.47 Å². The van der Waals surface area contributed by atoms with E-state index in [-0.39, 0.29) is 6.10 Å². The first-order chi connectivity index (χ1) is 11.0. The molecule has 0 heterocycles. The molecule has 3 nitrogen and oxygen atoms in total. The summed E-state index contributed by atoms with van der Waals surface area (Å²) in [6.45, 7) is 9.82. The van der Waals surface area contributed by atoms with Crippen LogP contribution in [-0.4, -0.2) is 19.3 Å². The predicted octanol–water partition coefficient (Wildman–Crippen LogP) is 5.09. The van der Waals surface area contributed by atoms with E-state index in [0.717, 1.165) is 23.7 Å². The van der Waals surface area contributed by atoms with Gasteiger partial charge in [-0.05, 0) is 61.7 Å². The lowest BCUT2D eigenvalue weighted by molar-refractivity contribution is 0.242. The van der Waals surface area contributed by atoms with Crippen molar-refractivity contribution >= 4 is 5.69 Å². The maximum absolute atomic E-state index is 5.75. The second-order valence-corrected chi connectivity index (χ2v) is 6.19. The zero-order valence-corrected chi connectivity index (χ0v) is 14.5. The Morgan fingerprint density at radius 2 is 1.43 bits per heavy atom. The smallest absolute Gasteiger partial charge is 0.119 e. The highest BCUT2D eigenvalue weighted by Crippen LogP contribution is 2.19. The van der Waals surface area contributed by atoms with E-state index >= 15 is 0 Å². The second-order valence-electron chi connectivity index (χ2n) is 6.19. The van der Waals surface area contributed by atoms with E-state index in [1.165, 1.54) is 5.56 Å². The molecule has 0 aliphatic heterocycles. The predicted molar refractivity (Wildman–Crippen MR) is 96.7 cm³/mol. The Labute approximate surface area is 139 Å². The van der Waals surface area contributed by atoms with Gasteiger partial charge in [-0.3, -0.25) is 0 Å². The molecule has 0 saturated carbocycles. The van der Waals surface area contributed by atoms with Gasteiger partial charge in [0.1, 0.15) is 18.1 Å². The van der Waals surface area contributed by atoms with Crippen LogP contribution in [0.3, 0.4) is 0 Å². The van der Waals surface area contributed by atoms with Gasteiger partial charge in [-0.25, -0.2) is 0 Å². The standard InChI is InChI=1S/C20H27NO2/c1-15(2)17-5-9-19(10-6-17)22-14-13-21-18-7-11-20(12-8-18)23-16(3)4/h5-12,15-16,21H,13-14H2,1-4H3. The molecule has 0 saturated heterocycles. The van der Waals surface area contributed by atoms with Crippen molar-refractivity contribution in [3.8, 4) is 11.5 Å². The van der Waals surface area contributed by atoms with Crippen molar-refractivity contribution in [3.05, 3.63) is 54.1 Å². The van der Waals surface area contributed by atoms with Gasteiger partial charge in [-0.15, -0.1) is 0 Å². The summed E-state index contributed by atoms with van der Waals surface area (Å²) in [5.41, 5.74) is 2.40. The minimum absolute atomic E-state index is 0.198. The summed E-state index contributed by atoms with van der Waals surface area (Å²) in [7, 11) is 0. The Morgan fingerprint density at radius 3 is 2.00 bits per heavy atom. The van der Waals surface area contributed by atoms with Crippen molar-refractivity contribution in [1.29, 1.82) is 0 Å². The van der Waals surface area contributed by atoms with Crippen LogP contribution in [0.1, 0.15) is 39.2 Å². The van der Waals surface area contributed by atoms with Gasteiger partial charge < -0.3 is 14.8 Å². The number of hydrogen-bond donors (Lipinski definition) is 1. The Hall–Kier alpha value is -2.16. The van der Waals surface area contributed by atoms with Crippen LogP contribution >= 0.6 is 0 Å². The van der Waals surface area contributed by atoms with Gasteiger partial charge in [0.05, 0.1) is 6.10 Å². The van der Waals surface area contributed by atoms with Crippen molar-refractivity contribution in [2.45, 2.75) is 39.7 Å². The first kappa shape index (κ1) is 17.2. The monoisotopic (exact) mass is 313 g/mol. The fraction of sp³-hybridized carbons (Fsp3) is 0.400. The average molecular weight is 313 g/mol. The molecule has 2 aromatic carbocycles. The molecule has 0 aliphatic carbocycles. The molecule has 0 unspecified atom stereocenters. The lowest BCUT2D eigenvalue weighted by atomic mass is 10.0. The number of rotatable bonds is 8. The maximum atomic E-state index is 5.75. The largest absolute Gasteiger partial charge is 0.492 e. The van der Waals surface area contributed by atoms with E-state index in [1.54, 1.807) is 0 Å². The number of ether oxygens (including phenoxy) is 2. The molecular weight excluding hydrogens is 286 g/mol. The Bertz CT molecular complexity index is 574. The van der Waals surface area contributed by atoms with Gasteiger partial charge in [0.2, 0.25) is 0 Å². The number of anilines is 1. The highest BCUT2D eigenvalue weighted by molar-refractivity contribution is 5.46. The third-order valence-electron chi connectivity index (χ3n) is 3.47. The molecule has 23 heavy (non-hydrogen) atoms. The van der Waals surface area contributed by atoms with E-state index in [2.05, 4.69) is 31.3 Å². The van der Waals surface area contributed by atoms with Gasteiger partial charge in [-0.1, -0.05) is 26.0 Å². The minimum Gasteiger partial charge on any atom is -0.492 e. The van der Waals surface area contributed by atoms with Gasteiger partial charge in [-0.2, -0.15) is 0 Å². The molecule has 0 radical (unpaired) electrons. The summed E-state index contributed by atoms with van der Waals surface area (Å²) in [5.74, 6) is 2.36. The summed E-state index contributed by atoms with van der Waals surface area (Å²) >= 11 is 0. The first-order valence-corrected chi connectivity index (χ1v) is 8.28. The molecule has 0 bridgehead atoms. The minimum atomic E-state index is 0.198. The SMILES string of the molecule is CC(C)Oc1ccc(NCCOc2ccc(C(C)C)cc2)cc1. The van der Waals surface area contributed by atoms with Crippen molar-refractivity contribution in [3.63, 3.8) is 0 Å². The fourth-order valence-electron chi connectivity index (χ4n) is 2.24. The van der Waals surface area contributed by atoms with Crippen LogP contribution in [0.4, 0.5) is 5.69 Å². The van der Waals surface area contributed by atoms with Crippen LogP contribution in [0.5, 0.6) is 11.5 Å². The Balaban J connectivity index is 1.72.